The van der Waals surface area contributed by atoms with Crippen molar-refractivity contribution >= 4 is 5.65 Å². The van der Waals surface area contributed by atoms with Crippen LogP contribution in [-0.2, 0) is 6.42 Å². The lowest BCUT2D eigenvalue weighted by atomic mass is 10.1. The summed E-state index contributed by atoms with van der Waals surface area (Å²) in [6.07, 6.45) is 8.55. The van der Waals surface area contributed by atoms with Gasteiger partial charge in [0.15, 0.2) is 0 Å². The van der Waals surface area contributed by atoms with Crippen LogP contribution in [0.3, 0.4) is 0 Å². The van der Waals surface area contributed by atoms with Crippen molar-refractivity contribution in [1.29, 1.82) is 0 Å². The molecular formula is C12H15N3. The van der Waals surface area contributed by atoms with Crippen LogP contribution in [0.1, 0.15) is 25.0 Å². The number of rotatable bonds is 3. The monoisotopic (exact) mass is 201 g/mol. The van der Waals surface area contributed by atoms with Gasteiger partial charge in [0.05, 0.1) is 5.69 Å². The molecular weight excluding hydrogens is 186 g/mol. The lowest BCUT2D eigenvalue weighted by molar-refractivity contribution is 0.604. The minimum atomic E-state index is 0.135. The molecule has 2 heterocycles. The SMILES string of the molecule is NC1(CCc2cn3ccccc3n2)CC1. The van der Waals surface area contributed by atoms with Crippen molar-refractivity contribution in [3.8, 4) is 0 Å². The van der Waals surface area contributed by atoms with E-state index in [4.69, 9.17) is 5.73 Å². The van der Waals surface area contributed by atoms with Crippen LogP contribution >= 0.6 is 0 Å². The molecule has 0 bridgehead atoms. The minimum absolute atomic E-state index is 0.135. The first-order valence-corrected chi connectivity index (χ1v) is 5.47. The molecule has 0 unspecified atom stereocenters. The van der Waals surface area contributed by atoms with E-state index in [1.54, 1.807) is 0 Å². The highest BCUT2D eigenvalue weighted by molar-refractivity contribution is 5.39. The smallest absolute Gasteiger partial charge is 0.136 e. The largest absolute Gasteiger partial charge is 0.325 e. The third-order valence-electron chi connectivity index (χ3n) is 3.19. The van der Waals surface area contributed by atoms with E-state index in [0.717, 1.165) is 24.2 Å². The van der Waals surface area contributed by atoms with Gasteiger partial charge in [-0.05, 0) is 37.8 Å². The van der Waals surface area contributed by atoms with Crippen LogP contribution in [0.25, 0.3) is 5.65 Å². The molecule has 1 aliphatic rings. The lowest BCUT2D eigenvalue weighted by Gasteiger charge is -2.04. The van der Waals surface area contributed by atoms with Gasteiger partial charge in [-0.25, -0.2) is 4.98 Å². The highest BCUT2D eigenvalue weighted by Gasteiger charge is 2.37. The molecule has 78 valence electrons. The molecule has 0 amide bonds. The van der Waals surface area contributed by atoms with Gasteiger partial charge in [-0.15, -0.1) is 0 Å². The summed E-state index contributed by atoms with van der Waals surface area (Å²) in [7, 11) is 0. The van der Waals surface area contributed by atoms with Crippen LogP contribution in [-0.4, -0.2) is 14.9 Å². The second kappa shape index (κ2) is 3.07. The fraction of sp³-hybridized carbons (Fsp3) is 0.417. The summed E-state index contributed by atoms with van der Waals surface area (Å²) < 4.78 is 2.06. The van der Waals surface area contributed by atoms with Crippen LogP contribution in [0.15, 0.2) is 30.6 Å². The zero-order valence-electron chi connectivity index (χ0n) is 8.69. The molecule has 1 fully saturated rings. The van der Waals surface area contributed by atoms with Gasteiger partial charge in [-0.1, -0.05) is 6.07 Å². The summed E-state index contributed by atoms with van der Waals surface area (Å²) in [5.74, 6) is 0. The standard InChI is InChI=1S/C12H15N3/c13-12(6-7-12)5-4-10-9-15-8-2-1-3-11(15)14-10/h1-3,8-9H,4-7,13H2. The summed E-state index contributed by atoms with van der Waals surface area (Å²) in [4.78, 5) is 4.55. The topological polar surface area (TPSA) is 43.3 Å². The molecule has 0 atom stereocenters. The molecule has 2 N–H and O–H groups in total. The van der Waals surface area contributed by atoms with Crippen LogP contribution in [0.5, 0.6) is 0 Å². The first kappa shape index (κ1) is 8.92. The zero-order valence-corrected chi connectivity index (χ0v) is 8.69. The predicted molar refractivity (Wildman–Crippen MR) is 59.7 cm³/mol. The number of aromatic nitrogens is 2. The molecule has 1 saturated carbocycles. The number of imidazole rings is 1. The van der Waals surface area contributed by atoms with Crippen LogP contribution in [0.4, 0.5) is 0 Å². The van der Waals surface area contributed by atoms with Crippen molar-refractivity contribution < 1.29 is 0 Å². The van der Waals surface area contributed by atoms with E-state index in [9.17, 15) is 0 Å². The third kappa shape index (κ3) is 1.75. The van der Waals surface area contributed by atoms with E-state index < -0.39 is 0 Å². The molecule has 0 saturated heterocycles. The number of hydrogen-bond acceptors (Lipinski definition) is 2. The summed E-state index contributed by atoms with van der Waals surface area (Å²) in [6, 6.07) is 6.06. The fourth-order valence-electron chi connectivity index (χ4n) is 1.90. The van der Waals surface area contributed by atoms with Crippen LogP contribution in [0, 0.1) is 0 Å². The Kier molecular flexibility index (Phi) is 1.83. The first-order chi connectivity index (χ1) is 7.25. The van der Waals surface area contributed by atoms with Gasteiger partial charge in [0.25, 0.3) is 0 Å². The maximum absolute atomic E-state index is 6.05. The van der Waals surface area contributed by atoms with Crippen molar-refractivity contribution in [1.82, 2.24) is 9.38 Å². The molecule has 1 aliphatic carbocycles. The highest BCUT2D eigenvalue weighted by atomic mass is 15.0. The molecule has 3 rings (SSSR count). The summed E-state index contributed by atoms with van der Waals surface area (Å²) in [5.41, 5.74) is 8.36. The van der Waals surface area contributed by atoms with E-state index in [-0.39, 0.29) is 5.54 Å². The maximum Gasteiger partial charge on any atom is 0.136 e. The van der Waals surface area contributed by atoms with Crippen molar-refractivity contribution in [2.24, 2.45) is 5.73 Å². The van der Waals surface area contributed by atoms with Crippen molar-refractivity contribution in [3.05, 3.63) is 36.3 Å². The molecule has 0 aromatic carbocycles. The summed E-state index contributed by atoms with van der Waals surface area (Å²) in [5, 5.41) is 0. The van der Waals surface area contributed by atoms with Gasteiger partial charge in [-0.2, -0.15) is 0 Å². The van der Waals surface area contributed by atoms with E-state index in [1.165, 1.54) is 12.8 Å². The molecule has 2 aromatic heterocycles. The van der Waals surface area contributed by atoms with Crippen LogP contribution < -0.4 is 5.73 Å². The minimum Gasteiger partial charge on any atom is -0.325 e. The van der Waals surface area contributed by atoms with E-state index in [2.05, 4.69) is 15.6 Å². The summed E-state index contributed by atoms with van der Waals surface area (Å²) >= 11 is 0. The number of hydrogen-bond donors (Lipinski definition) is 1. The first-order valence-electron chi connectivity index (χ1n) is 5.47. The Balaban J connectivity index is 1.79. The van der Waals surface area contributed by atoms with E-state index in [1.807, 2.05) is 24.4 Å². The molecule has 3 nitrogen and oxygen atoms in total. The second-order valence-corrected chi connectivity index (χ2v) is 4.56. The Morgan fingerprint density at radius 3 is 3.00 bits per heavy atom. The predicted octanol–water partition coefficient (Wildman–Crippen LogP) is 1.76. The van der Waals surface area contributed by atoms with Gasteiger partial charge in [-0.3, -0.25) is 0 Å². The zero-order chi connectivity index (χ0) is 10.3. The number of pyridine rings is 1. The molecule has 15 heavy (non-hydrogen) atoms. The Labute approximate surface area is 88.9 Å². The average molecular weight is 201 g/mol. The molecule has 0 radical (unpaired) electrons. The quantitative estimate of drug-likeness (QED) is 0.822. The van der Waals surface area contributed by atoms with Gasteiger partial charge in [0.1, 0.15) is 5.65 Å². The van der Waals surface area contributed by atoms with Crippen molar-refractivity contribution in [3.63, 3.8) is 0 Å². The van der Waals surface area contributed by atoms with Crippen molar-refractivity contribution in [2.45, 2.75) is 31.2 Å². The van der Waals surface area contributed by atoms with Crippen LogP contribution in [0.2, 0.25) is 0 Å². The van der Waals surface area contributed by atoms with Gasteiger partial charge >= 0.3 is 0 Å². The number of nitrogens with two attached hydrogens (primary N) is 1. The Hall–Kier alpha value is -1.35. The lowest BCUT2D eigenvalue weighted by Crippen LogP contribution is -2.22. The van der Waals surface area contributed by atoms with E-state index in [0.29, 0.717) is 0 Å². The molecule has 2 aromatic rings. The Morgan fingerprint density at radius 1 is 1.40 bits per heavy atom. The van der Waals surface area contributed by atoms with Crippen molar-refractivity contribution in [2.75, 3.05) is 0 Å². The normalized spacial score (nSPS) is 18.2. The third-order valence-corrected chi connectivity index (χ3v) is 3.19. The number of nitrogens with zero attached hydrogens (tertiary/aromatic N) is 2. The van der Waals surface area contributed by atoms with Gasteiger partial charge < -0.3 is 10.1 Å². The van der Waals surface area contributed by atoms with Gasteiger partial charge in [0.2, 0.25) is 0 Å². The maximum atomic E-state index is 6.05. The Bertz CT molecular complexity index is 449. The highest BCUT2D eigenvalue weighted by Crippen LogP contribution is 2.36. The van der Waals surface area contributed by atoms with Gasteiger partial charge in [0, 0.05) is 17.9 Å². The summed E-state index contributed by atoms with van der Waals surface area (Å²) in [6.45, 7) is 0. The Morgan fingerprint density at radius 2 is 2.27 bits per heavy atom. The fourth-order valence-corrected chi connectivity index (χ4v) is 1.90. The average Bonchev–Trinajstić information content (AvgIpc) is 2.83. The molecule has 0 aliphatic heterocycles. The molecule has 3 heteroatoms. The molecule has 0 spiro atoms. The second-order valence-electron chi connectivity index (χ2n) is 4.56. The number of fused-ring (bicyclic) bond motifs is 1. The number of aryl methyl sites for hydroxylation is 1. The van der Waals surface area contributed by atoms with E-state index >= 15 is 0 Å².